The van der Waals surface area contributed by atoms with Crippen LogP contribution in [0, 0.1) is 5.92 Å². The van der Waals surface area contributed by atoms with Crippen molar-refractivity contribution in [1.29, 1.82) is 0 Å². The maximum atomic E-state index is 13.4. The Morgan fingerprint density at radius 1 is 1.24 bits per heavy atom. The summed E-state index contributed by atoms with van der Waals surface area (Å²) in [5.74, 6) is 0.684. The number of benzene rings is 1. The van der Waals surface area contributed by atoms with Crippen LogP contribution in [0.2, 0.25) is 0 Å². The van der Waals surface area contributed by atoms with Gasteiger partial charge in [0.15, 0.2) is 0 Å². The molecule has 4 rings (SSSR count). The number of nitrogen functional groups attached to an aromatic ring is 1. The summed E-state index contributed by atoms with van der Waals surface area (Å²) in [6, 6.07) is 9.40. The quantitative estimate of drug-likeness (QED) is 0.513. The molecule has 33 heavy (non-hydrogen) atoms. The van der Waals surface area contributed by atoms with Crippen LogP contribution < -0.4 is 19.9 Å². The number of aromatic nitrogens is 2. The molecule has 0 spiro atoms. The van der Waals surface area contributed by atoms with E-state index in [1.807, 2.05) is 13.8 Å². The number of pyridine rings is 2. The number of carbonyl (C=O) groups is 1. The lowest BCUT2D eigenvalue weighted by atomic mass is 9.95. The van der Waals surface area contributed by atoms with Gasteiger partial charge in [-0.2, -0.15) is 0 Å². The molecule has 0 aliphatic heterocycles. The number of nitrogens with one attached hydrogen (secondary N) is 1. The number of methoxy groups -OCH3 is 1. The number of hydrogen-bond acceptors (Lipinski definition) is 8. The van der Waals surface area contributed by atoms with Crippen LogP contribution in [-0.2, 0) is 20.2 Å². The van der Waals surface area contributed by atoms with Crippen molar-refractivity contribution in [1.82, 2.24) is 14.7 Å². The van der Waals surface area contributed by atoms with E-state index in [2.05, 4.69) is 14.7 Å². The second-order valence-corrected chi connectivity index (χ2v) is 10.2. The molecule has 1 aliphatic rings. The summed E-state index contributed by atoms with van der Waals surface area (Å²) >= 11 is 0. The van der Waals surface area contributed by atoms with Gasteiger partial charge in [0.05, 0.1) is 35.7 Å². The largest absolute Gasteiger partial charge is 0.491 e. The number of anilines is 1. The summed E-state index contributed by atoms with van der Waals surface area (Å²) in [7, 11) is -2.69. The Bertz CT molecular complexity index is 1320. The van der Waals surface area contributed by atoms with Gasteiger partial charge >= 0.3 is 0 Å². The zero-order chi connectivity index (χ0) is 23.8. The molecule has 9 nitrogen and oxygen atoms in total. The van der Waals surface area contributed by atoms with E-state index in [-0.39, 0.29) is 16.6 Å². The van der Waals surface area contributed by atoms with Crippen molar-refractivity contribution in [3.05, 3.63) is 48.2 Å². The molecule has 0 radical (unpaired) electrons. The molecule has 10 heteroatoms. The highest BCUT2D eigenvalue weighted by atomic mass is 32.2. The summed E-state index contributed by atoms with van der Waals surface area (Å²) < 4.78 is 39.8. The van der Waals surface area contributed by atoms with Gasteiger partial charge in [-0.05, 0) is 43.0 Å². The lowest BCUT2D eigenvalue weighted by Crippen LogP contribution is -2.39. The number of nitrogens with two attached hydrogens (primary N) is 1. The van der Waals surface area contributed by atoms with Gasteiger partial charge in [0, 0.05) is 17.0 Å². The van der Waals surface area contributed by atoms with Crippen molar-refractivity contribution in [2.24, 2.45) is 5.92 Å². The van der Waals surface area contributed by atoms with E-state index < -0.39 is 21.3 Å². The lowest BCUT2D eigenvalue weighted by Gasteiger charge is -2.20. The van der Waals surface area contributed by atoms with Crippen LogP contribution in [0.5, 0.6) is 11.6 Å². The van der Waals surface area contributed by atoms with Crippen molar-refractivity contribution in [2.45, 2.75) is 37.0 Å². The molecule has 1 fully saturated rings. The fourth-order valence-electron chi connectivity index (χ4n) is 3.68. The zero-order valence-electron chi connectivity index (χ0n) is 18.7. The summed E-state index contributed by atoms with van der Waals surface area (Å²) in [5.41, 5.74) is 5.67. The topological polar surface area (TPSA) is 134 Å². The molecule has 0 bridgehead atoms. The number of hydrogen-bond donors (Lipinski definition) is 2. The van der Waals surface area contributed by atoms with Crippen molar-refractivity contribution in [3.63, 3.8) is 0 Å². The minimum atomic E-state index is -4.17. The Kier molecular flexibility index (Phi) is 5.87. The van der Waals surface area contributed by atoms with E-state index in [1.165, 1.54) is 25.4 Å². The number of nitrogens with zero attached hydrogens (tertiary/aromatic N) is 2. The predicted molar refractivity (Wildman–Crippen MR) is 124 cm³/mol. The predicted octanol–water partition coefficient (Wildman–Crippen LogP) is 2.79. The first-order valence-corrected chi connectivity index (χ1v) is 12.0. The van der Waals surface area contributed by atoms with E-state index in [1.54, 1.807) is 24.3 Å². The van der Waals surface area contributed by atoms with E-state index in [4.69, 9.17) is 15.2 Å². The summed E-state index contributed by atoms with van der Waals surface area (Å²) in [4.78, 5) is 21.7. The van der Waals surface area contributed by atoms with E-state index in [0.717, 1.165) is 0 Å². The Labute approximate surface area is 192 Å². The van der Waals surface area contributed by atoms with Crippen LogP contribution in [-0.4, -0.2) is 38.0 Å². The van der Waals surface area contributed by atoms with Crippen LogP contribution in [0.1, 0.15) is 32.3 Å². The molecule has 3 N–H and O–H groups in total. The zero-order valence-corrected chi connectivity index (χ0v) is 19.5. The Hall–Kier alpha value is -3.40. The van der Waals surface area contributed by atoms with Crippen molar-refractivity contribution >= 4 is 32.7 Å². The first-order valence-electron chi connectivity index (χ1n) is 10.6. The SMILES string of the molecule is COc1cc(C2(C(=O)NS(=O)(=O)c3cccc4nc(N)ccc34)CC2)c(OCC(C)C)cn1. The number of sulfonamides is 1. The van der Waals surface area contributed by atoms with Crippen molar-refractivity contribution < 1.29 is 22.7 Å². The molecule has 1 saturated carbocycles. The minimum absolute atomic E-state index is 0.0414. The van der Waals surface area contributed by atoms with Gasteiger partial charge in [0.2, 0.25) is 11.8 Å². The molecule has 3 aromatic rings. The molecule has 2 aromatic heterocycles. The number of amides is 1. The fraction of sp³-hybridized carbons (Fsp3) is 0.348. The summed E-state index contributed by atoms with van der Waals surface area (Å²) in [6.07, 6.45) is 2.47. The highest BCUT2D eigenvalue weighted by molar-refractivity contribution is 7.90. The van der Waals surface area contributed by atoms with Crippen LogP contribution in [0.4, 0.5) is 5.82 Å². The molecule has 2 heterocycles. The van der Waals surface area contributed by atoms with Gasteiger partial charge in [-0.3, -0.25) is 4.79 Å². The smallest absolute Gasteiger partial charge is 0.264 e. The van der Waals surface area contributed by atoms with E-state index in [0.29, 0.717) is 47.5 Å². The van der Waals surface area contributed by atoms with E-state index >= 15 is 0 Å². The van der Waals surface area contributed by atoms with Gasteiger partial charge < -0.3 is 15.2 Å². The Morgan fingerprint density at radius 2 is 2.00 bits per heavy atom. The fourth-order valence-corrected chi connectivity index (χ4v) is 4.95. The molecule has 0 atom stereocenters. The van der Waals surface area contributed by atoms with Crippen LogP contribution >= 0.6 is 0 Å². The first-order chi connectivity index (χ1) is 15.7. The maximum Gasteiger partial charge on any atom is 0.264 e. The average Bonchev–Trinajstić information content (AvgIpc) is 3.58. The molecule has 1 amide bonds. The van der Waals surface area contributed by atoms with Crippen LogP contribution in [0.3, 0.4) is 0 Å². The minimum Gasteiger partial charge on any atom is -0.491 e. The molecule has 1 aliphatic carbocycles. The van der Waals surface area contributed by atoms with Crippen molar-refractivity contribution in [2.75, 3.05) is 19.5 Å². The van der Waals surface area contributed by atoms with Crippen molar-refractivity contribution in [3.8, 4) is 11.6 Å². The number of rotatable bonds is 8. The average molecular weight is 471 g/mol. The third-order valence-corrected chi connectivity index (χ3v) is 6.94. The third kappa shape index (κ3) is 4.43. The molecule has 174 valence electrons. The van der Waals surface area contributed by atoms with Crippen LogP contribution in [0.15, 0.2) is 47.5 Å². The van der Waals surface area contributed by atoms with Gasteiger partial charge in [-0.15, -0.1) is 0 Å². The molecule has 0 unspecified atom stereocenters. The number of ether oxygens (including phenoxy) is 2. The maximum absolute atomic E-state index is 13.4. The Morgan fingerprint density at radius 3 is 2.67 bits per heavy atom. The standard InChI is InChI=1S/C23H26N4O5S/c1-14(2)13-32-18-12-25-21(31-3)11-16(18)23(9-10-23)22(28)27-33(29,30)19-6-4-5-17-15(19)7-8-20(24)26-17/h4-8,11-12,14H,9-10,13H2,1-3H3,(H2,24,26)(H,27,28). The van der Waals surface area contributed by atoms with Gasteiger partial charge in [0.25, 0.3) is 10.0 Å². The molecular weight excluding hydrogens is 444 g/mol. The molecule has 0 saturated heterocycles. The second kappa shape index (κ2) is 8.51. The summed E-state index contributed by atoms with van der Waals surface area (Å²) in [5, 5.41) is 0.378. The van der Waals surface area contributed by atoms with Gasteiger partial charge in [-0.1, -0.05) is 19.9 Å². The third-order valence-electron chi connectivity index (χ3n) is 5.55. The van der Waals surface area contributed by atoms with E-state index in [9.17, 15) is 13.2 Å². The van der Waals surface area contributed by atoms with Gasteiger partial charge in [-0.25, -0.2) is 23.1 Å². The molecular formula is C23H26N4O5S. The molecule has 1 aromatic carbocycles. The number of fused-ring (bicyclic) bond motifs is 1. The monoisotopic (exact) mass is 470 g/mol. The lowest BCUT2D eigenvalue weighted by molar-refractivity contribution is -0.121. The second-order valence-electron chi connectivity index (χ2n) is 8.50. The highest BCUT2D eigenvalue weighted by Gasteiger charge is 2.54. The summed E-state index contributed by atoms with van der Waals surface area (Å²) in [6.45, 7) is 4.45. The van der Waals surface area contributed by atoms with Gasteiger partial charge in [0.1, 0.15) is 11.6 Å². The Balaban J connectivity index is 1.68. The first kappa shape index (κ1) is 22.8. The van der Waals surface area contributed by atoms with Crippen LogP contribution in [0.25, 0.3) is 10.9 Å². The normalized spacial score (nSPS) is 14.8. The number of carbonyl (C=O) groups excluding carboxylic acids is 1. The highest BCUT2D eigenvalue weighted by Crippen LogP contribution is 2.52.